The summed E-state index contributed by atoms with van der Waals surface area (Å²) in [5, 5.41) is 1.16. The van der Waals surface area contributed by atoms with Gasteiger partial charge in [0.1, 0.15) is 5.58 Å². The Kier molecular flexibility index (Phi) is 8.61. The van der Waals surface area contributed by atoms with Crippen LogP contribution in [0.4, 0.5) is 0 Å². The molecule has 2 heterocycles. The predicted octanol–water partition coefficient (Wildman–Crippen LogP) is 6.78. The van der Waals surface area contributed by atoms with Crippen LogP contribution in [0.15, 0.2) is 70.8 Å². The molecule has 0 radical (unpaired) electrons. The van der Waals surface area contributed by atoms with E-state index in [1.54, 1.807) is 17.6 Å². The van der Waals surface area contributed by atoms with Crippen molar-refractivity contribution in [3.05, 3.63) is 66.4 Å². The SMILES string of the molecule is CC.CC.c1ccc2occc2c1.c1ccc2scnc2c1. The van der Waals surface area contributed by atoms with Crippen molar-refractivity contribution < 1.29 is 4.42 Å². The fourth-order valence-corrected chi connectivity index (χ4v) is 2.39. The molecule has 22 heavy (non-hydrogen) atoms. The molecule has 0 aliphatic heterocycles. The number of aromatic nitrogens is 1. The van der Waals surface area contributed by atoms with Crippen LogP contribution >= 0.6 is 11.3 Å². The first kappa shape index (κ1) is 17.9. The van der Waals surface area contributed by atoms with E-state index in [0.29, 0.717) is 0 Å². The van der Waals surface area contributed by atoms with Gasteiger partial charge in [0.15, 0.2) is 0 Å². The van der Waals surface area contributed by atoms with Crippen LogP contribution < -0.4 is 0 Å². The quantitative estimate of drug-likeness (QED) is 0.357. The second kappa shape index (κ2) is 10.6. The summed E-state index contributed by atoms with van der Waals surface area (Å²) >= 11 is 1.68. The Morgan fingerprint density at radius 1 is 0.818 bits per heavy atom. The molecule has 2 aromatic heterocycles. The molecule has 0 bridgehead atoms. The molecule has 0 fully saturated rings. The van der Waals surface area contributed by atoms with Gasteiger partial charge in [0, 0.05) is 5.39 Å². The Morgan fingerprint density at radius 3 is 2.23 bits per heavy atom. The minimum absolute atomic E-state index is 0.956. The van der Waals surface area contributed by atoms with Crippen LogP contribution in [0.1, 0.15) is 27.7 Å². The number of hydrogen-bond donors (Lipinski definition) is 0. The second-order valence-corrected chi connectivity index (χ2v) is 4.66. The Hall–Kier alpha value is -2.13. The maximum absolute atomic E-state index is 5.12. The number of fused-ring (bicyclic) bond motifs is 2. The molecule has 0 saturated heterocycles. The maximum atomic E-state index is 5.12. The van der Waals surface area contributed by atoms with E-state index in [9.17, 15) is 0 Å². The van der Waals surface area contributed by atoms with Crippen molar-refractivity contribution in [2.75, 3.05) is 0 Å². The van der Waals surface area contributed by atoms with E-state index in [2.05, 4.69) is 11.1 Å². The number of para-hydroxylation sites is 2. The highest BCUT2D eigenvalue weighted by atomic mass is 32.1. The van der Waals surface area contributed by atoms with E-state index in [1.807, 2.05) is 81.7 Å². The summed E-state index contributed by atoms with van der Waals surface area (Å²) < 4.78 is 6.38. The second-order valence-electron chi connectivity index (χ2n) is 3.78. The van der Waals surface area contributed by atoms with E-state index in [0.717, 1.165) is 16.5 Å². The van der Waals surface area contributed by atoms with Crippen molar-refractivity contribution in [2.45, 2.75) is 27.7 Å². The Labute approximate surface area is 136 Å². The molecule has 0 atom stereocenters. The molecule has 0 N–H and O–H groups in total. The van der Waals surface area contributed by atoms with Gasteiger partial charge in [0.2, 0.25) is 0 Å². The zero-order valence-electron chi connectivity index (χ0n) is 13.6. The molecule has 2 nitrogen and oxygen atoms in total. The van der Waals surface area contributed by atoms with Crippen molar-refractivity contribution in [3.8, 4) is 0 Å². The fourth-order valence-electron chi connectivity index (χ4n) is 1.71. The summed E-state index contributed by atoms with van der Waals surface area (Å²) in [7, 11) is 0. The highest BCUT2D eigenvalue weighted by Gasteiger charge is 1.90. The van der Waals surface area contributed by atoms with Gasteiger partial charge in [0.05, 0.1) is 22.0 Å². The fraction of sp³-hybridized carbons (Fsp3) is 0.211. The van der Waals surface area contributed by atoms with Gasteiger partial charge in [0.25, 0.3) is 0 Å². The topological polar surface area (TPSA) is 26.0 Å². The van der Waals surface area contributed by atoms with Crippen LogP contribution in [0.5, 0.6) is 0 Å². The average Bonchev–Trinajstić information content (AvgIpc) is 3.28. The molecular formula is C19H23NOS. The molecule has 0 unspecified atom stereocenters. The van der Waals surface area contributed by atoms with E-state index in [1.165, 1.54) is 4.70 Å². The zero-order chi connectivity index (χ0) is 16.2. The van der Waals surface area contributed by atoms with Crippen LogP contribution in [0, 0.1) is 0 Å². The third-order valence-corrected chi connectivity index (χ3v) is 3.41. The minimum Gasteiger partial charge on any atom is -0.464 e. The van der Waals surface area contributed by atoms with Crippen molar-refractivity contribution in [1.29, 1.82) is 0 Å². The summed E-state index contributed by atoms with van der Waals surface area (Å²) in [4.78, 5) is 4.14. The summed E-state index contributed by atoms with van der Waals surface area (Å²) in [5.74, 6) is 0. The van der Waals surface area contributed by atoms with E-state index >= 15 is 0 Å². The summed E-state index contributed by atoms with van der Waals surface area (Å²) in [6, 6.07) is 18.0. The third kappa shape index (κ3) is 5.01. The molecular weight excluding hydrogens is 290 g/mol. The van der Waals surface area contributed by atoms with Gasteiger partial charge in [-0.1, -0.05) is 58.0 Å². The van der Waals surface area contributed by atoms with Crippen LogP contribution in [0.25, 0.3) is 21.2 Å². The molecule has 0 saturated carbocycles. The highest BCUT2D eigenvalue weighted by Crippen LogP contribution is 2.15. The van der Waals surface area contributed by atoms with Crippen molar-refractivity contribution in [3.63, 3.8) is 0 Å². The maximum Gasteiger partial charge on any atom is 0.133 e. The Bertz CT molecular complexity index is 631. The van der Waals surface area contributed by atoms with E-state index < -0.39 is 0 Å². The van der Waals surface area contributed by atoms with Crippen molar-refractivity contribution in [1.82, 2.24) is 4.98 Å². The normalized spacial score (nSPS) is 8.91. The van der Waals surface area contributed by atoms with Crippen molar-refractivity contribution in [2.24, 2.45) is 0 Å². The number of hydrogen-bond acceptors (Lipinski definition) is 3. The highest BCUT2D eigenvalue weighted by molar-refractivity contribution is 7.16. The van der Waals surface area contributed by atoms with Gasteiger partial charge in [-0.25, -0.2) is 4.98 Å². The number of thiazole rings is 1. The lowest BCUT2D eigenvalue weighted by Gasteiger charge is -1.81. The van der Waals surface area contributed by atoms with E-state index in [-0.39, 0.29) is 0 Å². The van der Waals surface area contributed by atoms with Crippen molar-refractivity contribution >= 4 is 32.5 Å². The van der Waals surface area contributed by atoms with Gasteiger partial charge in [-0.15, -0.1) is 11.3 Å². The number of rotatable bonds is 0. The van der Waals surface area contributed by atoms with Gasteiger partial charge in [-0.3, -0.25) is 0 Å². The Balaban J connectivity index is 0.000000180. The lowest BCUT2D eigenvalue weighted by atomic mass is 10.3. The smallest absolute Gasteiger partial charge is 0.133 e. The average molecular weight is 313 g/mol. The molecule has 0 aliphatic carbocycles. The minimum atomic E-state index is 0.956. The first-order valence-electron chi connectivity index (χ1n) is 7.64. The molecule has 4 aromatic rings. The molecule has 116 valence electrons. The summed E-state index contributed by atoms with van der Waals surface area (Å²) in [6.07, 6.45) is 1.70. The van der Waals surface area contributed by atoms with Gasteiger partial charge in [-0.05, 0) is 24.3 Å². The predicted molar refractivity (Wildman–Crippen MR) is 98.5 cm³/mol. The molecule has 4 rings (SSSR count). The Morgan fingerprint density at radius 2 is 1.50 bits per heavy atom. The third-order valence-electron chi connectivity index (χ3n) is 2.60. The van der Waals surface area contributed by atoms with Gasteiger partial charge < -0.3 is 4.42 Å². The van der Waals surface area contributed by atoms with E-state index in [4.69, 9.17) is 4.42 Å². The van der Waals surface area contributed by atoms with Gasteiger partial charge >= 0.3 is 0 Å². The lowest BCUT2D eigenvalue weighted by Crippen LogP contribution is -1.61. The lowest BCUT2D eigenvalue weighted by molar-refractivity contribution is 0.616. The largest absolute Gasteiger partial charge is 0.464 e. The van der Waals surface area contributed by atoms with Crippen LogP contribution in [0.2, 0.25) is 0 Å². The molecule has 0 amide bonds. The number of benzene rings is 2. The summed E-state index contributed by atoms with van der Waals surface area (Å²) in [5.41, 5.74) is 3.92. The molecule has 0 aliphatic rings. The van der Waals surface area contributed by atoms with Gasteiger partial charge in [-0.2, -0.15) is 0 Å². The van der Waals surface area contributed by atoms with Crippen LogP contribution in [-0.4, -0.2) is 4.98 Å². The first-order valence-corrected chi connectivity index (χ1v) is 8.52. The number of nitrogens with zero attached hydrogens (tertiary/aromatic N) is 1. The number of furan rings is 1. The zero-order valence-corrected chi connectivity index (χ0v) is 14.4. The molecule has 2 aromatic carbocycles. The van der Waals surface area contributed by atoms with Crippen LogP contribution in [-0.2, 0) is 0 Å². The standard InChI is InChI=1S/C8H6O.C7H5NS.2C2H6/c1-2-4-8-7(3-1)5-6-9-8;1-2-4-7-6(3-1)8-5-9-7;2*1-2/h1-6H;1-5H;2*1-2H3. The monoisotopic (exact) mass is 313 g/mol. The molecule has 0 spiro atoms. The first-order chi connectivity index (χ1) is 10.9. The summed E-state index contributed by atoms with van der Waals surface area (Å²) in [6.45, 7) is 8.00. The van der Waals surface area contributed by atoms with Crippen LogP contribution in [0.3, 0.4) is 0 Å². The molecule has 3 heteroatoms.